The summed E-state index contributed by atoms with van der Waals surface area (Å²) in [5, 5.41) is 6.31. The highest BCUT2D eigenvalue weighted by atomic mass is 35.5. The maximum Gasteiger partial charge on any atom is 0.241 e. The van der Waals surface area contributed by atoms with E-state index in [0.717, 1.165) is 31.5 Å². The van der Waals surface area contributed by atoms with E-state index >= 15 is 0 Å². The van der Waals surface area contributed by atoms with Crippen molar-refractivity contribution >= 4 is 28.3 Å². The van der Waals surface area contributed by atoms with Crippen molar-refractivity contribution in [2.75, 3.05) is 19.6 Å². The molecule has 0 saturated carbocycles. The van der Waals surface area contributed by atoms with Gasteiger partial charge in [0.15, 0.2) is 0 Å². The summed E-state index contributed by atoms with van der Waals surface area (Å²) in [5.41, 5.74) is 1.04. The van der Waals surface area contributed by atoms with Crippen LogP contribution in [-0.2, 0) is 14.8 Å². The van der Waals surface area contributed by atoms with E-state index in [1.165, 1.54) is 0 Å². The molecule has 8 heteroatoms. The van der Waals surface area contributed by atoms with Crippen LogP contribution >= 0.6 is 12.4 Å². The fraction of sp³-hybridized carbons (Fsp3) is 0.650. The molecular formula is C20H34ClN3O3S. The number of hydrogen-bond donors (Lipinski definition) is 3. The van der Waals surface area contributed by atoms with Gasteiger partial charge in [-0.25, -0.2) is 8.42 Å². The molecule has 1 aliphatic rings. The number of aryl methyl sites for hydroxylation is 1. The van der Waals surface area contributed by atoms with Gasteiger partial charge in [0.25, 0.3) is 0 Å². The molecule has 1 aliphatic heterocycles. The highest BCUT2D eigenvalue weighted by molar-refractivity contribution is 7.89. The molecule has 1 unspecified atom stereocenters. The SMILES string of the molecule is Cc1ccc(S(=O)(=O)NC(CC(C)C)C(=O)NCC2(C)CCNCC2)cc1.Cl. The number of hydrogen-bond acceptors (Lipinski definition) is 4. The van der Waals surface area contributed by atoms with Crippen molar-refractivity contribution in [2.45, 2.75) is 57.9 Å². The van der Waals surface area contributed by atoms with Crippen LogP contribution in [0.4, 0.5) is 0 Å². The summed E-state index contributed by atoms with van der Waals surface area (Å²) in [4.78, 5) is 13.0. The molecule has 1 amide bonds. The van der Waals surface area contributed by atoms with Crippen molar-refractivity contribution in [2.24, 2.45) is 11.3 Å². The van der Waals surface area contributed by atoms with Gasteiger partial charge in [-0.3, -0.25) is 4.79 Å². The number of nitrogens with one attached hydrogen (secondary N) is 3. The van der Waals surface area contributed by atoms with Crippen molar-refractivity contribution in [3.8, 4) is 0 Å². The molecule has 0 aliphatic carbocycles. The summed E-state index contributed by atoms with van der Waals surface area (Å²) in [6, 6.07) is 5.87. The van der Waals surface area contributed by atoms with Crippen LogP contribution in [0.5, 0.6) is 0 Å². The number of carbonyl (C=O) groups is 1. The molecule has 2 rings (SSSR count). The number of halogens is 1. The summed E-state index contributed by atoms with van der Waals surface area (Å²) in [6.07, 6.45) is 2.45. The van der Waals surface area contributed by atoms with Gasteiger partial charge < -0.3 is 10.6 Å². The fourth-order valence-corrected chi connectivity index (χ4v) is 4.49. The van der Waals surface area contributed by atoms with Gasteiger partial charge in [0, 0.05) is 6.54 Å². The Kier molecular flexibility index (Phi) is 9.40. The quantitative estimate of drug-likeness (QED) is 0.590. The maximum atomic E-state index is 12.8. The second kappa shape index (κ2) is 10.6. The van der Waals surface area contributed by atoms with Crippen LogP contribution in [-0.4, -0.2) is 40.0 Å². The van der Waals surface area contributed by atoms with Crippen LogP contribution < -0.4 is 15.4 Å². The van der Waals surface area contributed by atoms with E-state index in [0.29, 0.717) is 13.0 Å². The molecule has 1 saturated heterocycles. The monoisotopic (exact) mass is 431 g/mol. The van der Waals surface area contributed by atoms with E-state index in [-0.39, 0.29) is 34.5 Å². The van der Waals surface area contributed by atoms with Crippen LogP contribution in [0.25, 0.3) is 0 Å². The van der Waals surface area contributed by atoms with Crippen LogP contribution in [0.3, 0.4) is 0 Å². The fourth-order valence-electron chi connectivity index (χ4n) is 3.28. The summed E-state index contributed by atoms with van der Waals surface area (Å²) < 4.78 is 28.0. The van der Waals surface area contributed by atoms with E-state index in [4.69, 9.17) is 0 Å². The number of amides is 1. The molecular weight excluding hydrogens is 398 g/mol. The van der Waals surface area contributed by atoms with E-state index < -0.39 is 16.1 Å². The van der Waals surface area contributed by atoms with Gasteiger partial charge in [0.2, 0.25) is 15.9 Å². The van der Waals surface area contributed by atoms with Gasteiger partial charge in [0.1, 0.15) is 6.04 Å². The average Bonchev–Trinajstić information content (AvgIpc) is 2.59. The lowest BCUT2D eigenvalue weighted by Gasteiger charge is -2.34. The lowest BCUT2D eigenvalue weighted by Crippen LogP contribution is -2.50. The van der Waals surface area contributed by atoms with Gasteiger partial charge in [-0.2, -0.15) is 4.72 Å². The molecule has 28 heavy (non-hydrogen) atoms. The summed E-state index contributed by atoms with van der Waals surface area (Å²) >= 11 is 0. The molecule has 3 N–H and O–H groups in total. The van der Waals surface area contributed by atoms with E-state index in [1.807, 2.05) is 20.8 Å². The van der Waals surface area contributed by atoms with Gasteiger partial charge in [0.05, 0.1) is 4.90 Å². The van der Waals surface area contributed by atoms with E-state index in [9.17, 15) is 13.2 Å². The minimum Gasteiger partial charge on any atom is -0.354 e. The third-order valence-corrected chi connectivity index (χ3v) is 6.64. The molecule has 1 aromatic carbocycles. The molecule has 0 aromatic heterocycles. The standard InChI is InChI=1S/C20H33N3O3S.ClH/c1-15(2)13-18(19(24)22-14-20(4)9-11-21-12-10-20)23-27(25,26)17-7-5-16(3)6-8-17;/h5-8,15,18,21,23H,9-14H2,1-4H3,(H,22,24);1H. The van der Waals surface area contributed by atoms with Gasteiger partial charge in [-0.1, -0.05) is 38.5 Å². The van der Waals surface area contributed by atoms with Gasteiger partial charge in [-0.15, -0.1) is 12.4 Å². The first-order valence-corrected chi connectivity index (χ1v) is 11.2. The molecule has 0 radical (unpaired) electrons. The lowest BCUT2D eigenvalue weighted by atomic mass is 9.81. The van der Waals surface area contributed by atoms with Crippen molar-refractivity contribution < 1.29 is 13.2 Å². The van der Waals surface area contributed by atoms with Crippen LogP contribution in [0, 0.1) is 18.3 Å². The zero-order valence-electron chi connectivity index (χ0n) is 17.2. The highest BCUT2D eigenvalue weighted by Crippen LogP contribution is 2.26. The molecule has 1 aromatic rings. The third-order valence-electron chi connectivity index (χ3n) is 5.15. The number of rotatable bonds is 8. The first kappa shape index (κ1) is 24.9. The maximum absolute atomic E-state index is 12.8. The highest BCUT2D eigenvalue weighted by Gasteiger charge is 2.30. The zero-order chi connectivity index (χ0) is 20.1. The van der Waals surface area contributed by atoms with Crippen LogP contribution in [0.15, 0.2) is 29.2 Å². The Labute approximate surface area is 175 Å². The first-order chi connectivity index (χ1) is 12.6. The molecule has 1 atom stereocenters. The molecule has 1 fully saturated rings. The van der Waals surface area contributed by atoms with Crippen LogP contribution in [0.2, 0.25) is 0 Å². The number of benzene rings is 1. The predicted octanol–water partition coefficient (Wildman–Crippen LogP) is 2.62. The predicted molar refractivity (Wildman–Crippen MR) is 115 cm³/mol. The Morgan fingerprint density at radius 3 is 2.29 bits per heavy atom. The largest absolute Gasteiger partial charge is 0.354 e. The topological polar surface area (TPSA) is 87.3 Å². The summed E-state index contributed by atoms with van der Waals surface area (Å²) in [5.74, 6) is -0.0601. The number of carbonyl (C=O) groups excluding carboxylic acids is 1. The first-order valence-electron chi connectivity index (χ1n) is 9.69. The third kappa shape index (κ3) is 7.35. The average molecular weight is 432 g/mol. The Morgan fingerprint density at radius 2 is 1.75 bits per heavy atom. The summed E-state index contributed by atoms with van der Waals surface area (Å²) in [7, 11) is -3.75. The van der Waals surface area contributed by atoms with Crippen molar-refractivity contribution in [3.05, 3.63) is 29.8 Å². The van der Waals surface area contributed by atoms with Crippen molar-refractivity contribution in [1.29, 1.82) is 0 Å². The Morgan fingerprint density at radius 1 is 1.18 bits per heavy atom. The lowest BCUT2D eigenvalue weighted by molar-refractivity contribution is -0.123. The molecule has 0 spiro atoms. The Balaban J connectivity index is 0.00000392. The molecule has 1 heterocycles. The smallest absolute Gasteiger partial charge is 0.241 e. The zero-order valence-corrected chi connectivity index (χ0v) is 18.9. The molecule has 0 bridgehead atoms. The van der Waals surface area contributed by atoms with E-state index in [2.05, 4.69) is 22.3 Å². The minimum atomic E-state index is -3.75. The number of sulfonamides is 1. The van der Waals surface area contributed by atoms with E-state index in [1.54, 1.807) is 24.3 Å². The van der Waals surface area contributed by atoms with Gasteiger partial charge >= 0.3 is 0 Å². The minimum absolute atomic E-state index is 0. The number of piperidine rings is 1. The van der Waals surface area contributed by atoms with Crippen LogP contribution in [0.1, 0.15) is 45.6 Å². The van der Waals surface area contributed by atoms with Crippen molar-refractivity contribution in [3.63, 3.8) is 0 Å². The normalized spacial score (nSPS) is 17.6. The van der Waals surface area contributed by atoms with Gasteiger partial charge in [-0.05, 0) is 62.7 Å². The Hall–Kier alpha value is -1.15. The summed E-state index contributed by atoms with van der Waals surface area (Å²) in [6.45, 7) is 10.5. The Bertz CT molecular complexity index is 730. The second-order valence-corrected chi connectivity index (χ2v) is 10.1. The molecule has 6 nitrogen and oxygen atoms in total. The molecule has 160 valence electrons. The van der Waals surface area contributed by atoms with Crippen molar-refractivity contribution in [1.82, 2.24) is 15.4 Å². The second-order valence-electron chi connectivity index (χ2n) is 8.39.